The zero-order valence-electron chi connectivity index (χ0n) is 13.6. The minimum Gasteiger partial charge on any atom is -0.358 e. The highest BCUT2D eigenvalue weighted by Crippen LogP contribution is 2.56. The Kier molecular flexibility index (Phi) is 4.48. The third-order valence-corrected chi connectivity index (χ3v) is 5.95. The van der Waals surface area contributed by atoms with E-state index in [2.05, 4.69) is 40.1 Å². The summed E-state index contributed by atoms with van der Waals surface area (Å²) in [6, 6.07) is 10.7. The third kappa shape index (κ3) is 3.16. The van der Waals surface area contributed by atoms with E-state index in [0.717, 1.165) is 29.2 Å². The van der Waals surface area contributed by atoms with Gasteiger partial charge in [0.05, 0.1) is 0 Å². The van der Waals surface area contributed by atoms with Gasteiger partial charge in [0, 0.05) is 12.3 Å². The number of nitrogens with zero attached hydrogens (tertiary/aromatic N) is 1. The van der Waals surface area contributed by atoms with Gasteiger partial charge in [0.25, 0.3) is 0 Å². The van der Waals surface area contributed by atoms with E-state index in [-0.39, 0.29) is 0 Å². The normalized spacial score (nSPS) is 33.4. The molecule has 2 bridgehead atoms. The van der Waals surface area contributed by atoms with Crippen LogP contribution in [0.1, 0.15) is 24.8 Å². The van der Waals surface area contributed by atoms with E-state index in [1.54, 1.807) is 6.21 Å². The van der Waals surface area contributed by atoms with Crippen LogP contribution in [0, 0.1) is 23.7 Å². The molecule has 2 fully saturated rings. The second kappa shape index (κ2) is 6.89. The molecule has 0 radical (unpaired) electrons. The Morgan fingerprint density at radius 2 is 2.04 bits per heavy atom. The molecule has 0 aromatic heterocycles. The molecule has 3 aliphatic carbocycles. The van der Waals surface area contributed by atoms with Crippen molar-refractivity contribution >= 4 is 29.6 Å². The molecule has 0 unspecified atom stereocenters. The van der Waals surface area contributed by atoms with Crippen molar-refractivity contribution in [3.63, 3.8) is 0 Å². The Balaban J connectivity index is 1.24. The first-order valence-electron chi connectivity index (χ1n) is 8.79. The lowest BCUT2D eigenvalue weighted by molar-refractivity contribution is 0.246. The smallest absolute Gasteiger partial charge is 0.187 e. The molecule has 24 heavy (non-hydrogen) atoms. The predicted molar refractivity (Wildman–Crippen MR) is 104 cm³/mol. The van der Waals surface area contributed by atoms with Crippen LogP contribution in [0.15, 0.2) is 53.7 Å². The summed E-state index contributed by atoms with van der Waals surface area (Å²) in [7, 11) is 0. The van der Waals surface area contributed by atoms with Gasteiger partial charge in [0.15, 0.2) is 5.11 Å². The van der Waals surface area contributed by atoms with Crippen LogP contribution in [0.5, 0.6) is 0 Å². The van der Waals surface area contributed by atoms with Crippen LogP contribution < -0.4 is 10.7 Å². The first kappa shape index (κ1) is 15.6. The molecule has 0 amide bonds. The monoisotopic (exact) mass is 337 g/mol. The fraction of sp³-hybridized carbons (Fsp3) is 0.400. The van der Waals surface area contributed by atoms with Gasteiger partial charge in [-0.3, -0.25) is 5.43 Å². The van der Waals surface area contributed by atoms with E-state index in [4.69, 9.17) is 12.2 Å². The molecule has 0 spiro atoms. The van der Waals surface area contributed by atoms with Gasteiger partial charge in [0.1, 0.15) is 0 Å². The second-order valence-electron chi connectivity index (χ2n) is 7.04. The average molecular weight is 337 g/mol. The molecule has 0 saturated heterocycles. The number of hydrazone groups is 1. The summed E-state index contributed by atoms with van der Waals surface area (Å²) in [6.45, 7) is 0. The maximum atomic E-state index is 5.39. The van der Waals surface area contributed by atoms with Crippen LogP contribution in [0.25, 0.3) is 6.08 Å². The van der Waals surface area contributed by atoms with Crippen molar-refractivity contribution in [3.05, 3.63) is 54.1 Å². The second-order valence-corrected chi connectivity index (χ2v) is 7.45. The standard InChI is InChI=1S/C20H23N3S/c24-20(23-21-11-5-8-14-6-2-1-3-7-14)22-19-13-15-12-18(19)17-10-4-9-16(15)17/h1-8,10-11,15-19H,9,12-13H2,(H2,22,23,24)/b8-5+,21-11-/t15-,16-,17+,18-,19+/m1/s1. The molecule has 0 aliphatic heterocycles. The lowest BCUT2D eigenvalue weighted by atomic mass is 9.79. The minimum absolute atomic E-state index is 0.508. The van der Waals surface area contributed by atoms with Crippen molar-refractivity contribution in [1.82, 2.24) is 10.7 Å². The molecule has 3 aliphatic rings. The lowest BCUT2D eigenvalue weighted by Gasteiger charge is -2.32. The van der Waals surface area contributed by atoms with Gasteiger partial charge in [-0.2, -0.15) is 5.10 Å². The Labute approximate surface area is 148 Å². The first-order chi connectivity index (χ1) is 11.8. The van der Waals surface area contributed by atoms with Crippen molar-refractivity contribution < 1.29 is 0 Å². The molecule has 4 rings (SSSR count). The maximum absolute atomic E-state index is 5.39. The summed E-state index contributed by atoms with van der Waals surface area (Å²) in [4.78, 5) is 0. The predicted octanol–water partition coefficient (Wildman–Crippen LogP) is 3.75. The summed E-state index contributed by atoms with van der Waals surface area (Å²) in [5.41, 5.74) is 4.09. The number of hydrogen-bond acceptors (Lipinski definition) is 2. The number of benzene rings is 1. The summed E-state index contributed by atoms with van der Waals surface area (Å²) < 4.78 is 0. The Morgan fingerprint density at radius 3 is 2.92 bits per heavy atom. The number of allylic oxidation sites excluding steroid dienone is 3. The van der Waals surface area contributed by atoms with Gasteiger partial charge < -0.3 is 5.32 Å². The SMILES string of the molecule is S=C(N/N=C\C=C\c1ccccc1)N[C@H]1C[C@H]2C[C@@H]1[C@H]1C=CC[C@H]21. The number of rotatable bonds is 4. The van der Waals surface area contributed by atoms with E-state index >= 15 is 0 Å². The lowest BCUT2D eigenvalue weighted by Crippen LogP contribution is -2.45. The Bertz CT molecular complexity index is 679. The van der Waals surface area contributed by atoms with E-state index < -0.39 is 0 Å². The van der Waals surface area contributed by atoms with Crippen LogP contribution in [0.2, 0.25) is 0 Å². The molecule has 3 nitrogen and oxygen atoms in total. The summed E-state index contributed by atoms with van der Waals surface area (Å²) in [5.74, 6) is 3.32. The third-order valence-electron chi connectivity index (χ3n) is 5.74. The largest absolute Gasteiger partial charge is 0.358 e. The topological polar surface area (TPSA) is 36.4 Å². The Hall–Kier alpha value is -1.94. The highest BCUT2D eigenvalue weighted by Gasteiger charge is 2.52. The van der Waals surface area contributed by atoms with Crippen LogP contribution >= 0.6 is 12.2 Å². The highest BCUT2D eigenvalue weighted by atomic mass is 32.1. The van der Waals surface area contributed by atoms with Crippen molar-refractivity contribution in [2.45, 2.75) is 25.3 Å². The van der Waals surface area contributed by atoms with Gasteiger partial charge >= 0.3 is 0 Å². The van der Waals surface area contributed by atoms with Gasteiger partial charge in [0.2, 0.25) is 0 Å². The van der Waals surface area contributed by atoms with Crippen molar-refractivity contribution in [1.29, 1.82) is 0 Å². The molecule has 1 aromatic carbocycles. The number of fused-ring (bicyclic) bond motifs is 5. The van der Waals surface area contributed by atoms with Crippen LogP contribution in [0.3, 0.4) is 0 Å². The van der Waals surface area contributed by atoms with E-state index in [9.17, 15) is 0 Å². The molecular formula is C20H23N3S. The van der Waals surface area contributed by atoms with Crippen molar-refractivity contribution in [2.24, 2.45) is 28.8 Å². The Morgan fingerprint density at radius 1 is 1.17 bits per heavy atom. The minimum atomic E-state index is 0.508. The van der Waals surface area contributed by atoms with E-state index in [0.29, 0.717) is 11.2 Å². The number of thiocarbonyl (C=S) groups is 1. The van der Waals surface area contributed by atoms with Crippen molar-refractivity contribution in [3.8, 4) is 0 Å². The van der Waals surface area contributed by atoms with Gasteiger partial charge in [-0.1, -0.05) is 48.6 Å². The zero-order chi connectivity index (χ0) is 16.4. The molecule has 0 heterocycles. The molecule has 1 aromatic rings. The van der Waals surface area contributed by atoms with Crippen LogP contribution in [0.4, 0.5) is 0 Å². The van der Waals surface area contributed by atoms with E-state index in [1.165, 1.54) is 19.3 Å². The molecule has 2 saturated carbocycles. The highest BCUT2D eigenvalue weighted by molar-refractivity contribution is 7.80. The van der Waals surface area contributed by atoms with Crippen LogP contribution in [-0.2, 0) is 0 Å². The maximum Gasteiger partial charge on any atom is 0.187 e. The summed E-state index contributed by atoms with van der Waals surface area (Å²) in [5, 5.41) is 8.29. The number of nitrogens with one attached hydrogen (secondary N) is 2. The van der Waals surface area contributed by atoms with Gasteiger partial charge in [-0.25, -0.2) is 0 Å². The van der Waals surface area contributed by atoms with Gasteiger partial charge in [-0.15, -0.1) is 0 Å². The quantitative estimate of drug-likeness (QED) is 0.380. The molecule has 124 valence electrons. The molecular weight excluding hydrogens is 314 g/mol. The molecule has 2 N–H and O–H groups in total. The van der Waals surface area contributed by atoms with Crippen molar-refractivity contribution in [2.75, 3.05) is 0 Å². The number of hydrogen-bond donors (Lipinski definition) is 2. The molecule has 4 heteroatoms. The van der Waals surface area contributed by atoms with Gasteiger partial charge in [-0.05, 0) is 66.8 Å². The fourth-order valence-electron chi connectivity index (χ4n) is 4.77. The fourth-order valence-corrected chi connectivity index (χ4v) is 4.97. The van der Waals surface area contributed by atoms with Crippen LogP contribution in [-0.4, -0.2) is 17.4 Å². The average Bonchev–Trinajstić information content (AvgIpc) is 3.28. The van der Waals surface area contributed by atoms with E-state index in [1.807, 2.05) is 30.4 Å². The zero-order valence-corrected chi connectivity index (χ0v) is 14.5. The summed E-state index contributed by atoms with van der Waals surface area (Å²) in [6.07, 6.45) is 14.4. The summed E-state index contributed by atoms with van der Waals surface area (Å²) >= 11 is 5.39. The first-order valence-corrected chi connectivity index (χ1v) is 9.20. The molecule has 5 atom stereocenters.